The smallest absolute Gasteiger partial charge is 0.251 e. The summed E-state index contributed by atoms with van der Waals surface area (Å²) in [4.78, 5) is 11.9. The fraction of sp³-hybridized carbons (Fsp3) is 0.462. The summed E-state index contributed by atoms with van der Waals surface area (Å²) in [6, 6.07) is 3.47. The first-order valence-electron chi connectivity index (χ1n) is 6.11. The van der Waals surface area contributed by atoms with Crippen molar-refractivity contribution in [2.45, 2.75) is 37.8 Å². The number of carbonyl (C=O) groups is 1. The molecule has 1 amide bonds. The topological polar surface area (TPSA) is 75.4 Å². The van der Waals surface area contributed by atoms with Crippen LogP contribution in [0.25, 0.3) is 0 Å². The maximum absolute atomic E-state index is 13.1. The minimum atomic E-state index is -0.538. The molecule has 18 heavy (non-hydrogen) atoms. The Hall–Kier alpha value is -1.62. The van der Waals surface area contributed by atoms with Crippen molar-refractivity contribution in [3.05, 3.63) is 29.6 Å². The average Bonchev–Trinajstić information content (AvgIpc) is 2.31. The van der Waals surface area contributed by atoms with Crippen molar-refractivity contribution >= 4 is 11.6 Å². The van der Waals surface area contributed by atoms with Crippen LogP contribution in [-0.2, 0) is 0 Å². The maximum Gasteiger partial charge on any atom is 0.251 e. The number of nitrogens with one attached hydrogen (secondary N) is 1. The zero-order valence-electron chi connectivity index (χ0n) is 10.0. The van der Waals surface area contributed by atoms with Crippen molar-refractivity contribution < 1.29 is 14.3 Å². The second-order valence-corrected chi connectivity index (χ2v) is 4.70. The molecule has 0 saturated heterocycles. The minimum Gasteiger partial charge on any atom is -0.399 e. The highest BCUT2D eigenvalue weighted by molar-refractivity contribution is 5.95. The first-order valence-corrected chi connectivity index (χ1v) is 6.11. The Balaban J connectivity index is 2.06. The van der Waals surface area contributed by atoms with Gasteiger partial charge in [-0.2, -0.15) is 0 Å². The highest BCUT2D eigenvalue weighted by Gasteiger charge is 2.24. The molecule has 1 aliphatic rings. The van der Waals surface area contributed by atoms with Gasteiger partial charge in [0.15, 0.2) is 0 Å². The van der Waals surface area contributed by atoms with E-state index in [2.05, 4.69) is 5.32 Å². The number of nitrogens with two attached hydrogens (primary N) is 1. The number of carbonyl (C=O) groups excluding carboxylic acids is 1. The molecule has 0 heterocycles. The number of hydrogen-bond acceptors (Lipinski definition) is 3. The highest BCUT2D eigenvalue weighted by Crippen LogP contribution is 2.19. The Kier molecular flexibility index (Phi) is 3.81. The molecule has 1 saturated carbocycles. The van der Waals surface area contributed by atoms with Crippen LogP contribution in [0.15, 0.2) is 18.2 Å². The van der Waals surface area contributed by atoms with E-state index in [-0.39, 0.29) is 17.3 Å². The molecular weight excluding hydrogens is 235 g/mol. The maximum atomic E-state index is 13.1. The van der Waals surface area contributed by atoms with Crippen LogP contribution in [0.2, 0.25) is 0 Å². The van der Waals surface area contributed by atoms with E-state index in [1.54, 1.807) is 0 Å². The van der Waals surface area contributed by atoms with Crippen molar-refractivity contribution in [2.75, 3.05) is 5.73 Å². The lowest BCUT2D eigenvalue weighted by Gasteiger charge is -2.28. The van der Waals surface area contributed by atoms with Crippen molar-refractivity contribution in [3.63, 3.8) is 0 Å². The van der Waals surface area contributed by atoms with Gasteiger partial charge in [-0.25, -0.2) is 4.39 Å². The highest BCUT2D eigenvalue weighted by atomic mass is 19.1. The number of aliphatic hydroxyl groups is 1. The van der Waals surface area contributed by atoms with Crippen LogP contribution in [-0.4, -0.2) is 23.2 Å². The second-order valence-electron chi connectivity index (χ2n) is 4.70. The van der Waals surface area contributed by atoms with Crippen molar-refractivity contribution in [1.82, 2.24) is 5.32 Å². The van der Waals surface area contributed by atoms with Crippen molar-refractivity contribution in [2.24, 2.45) is 0 Å². The zero-order chi connectivity index (χ0) is 13.1. The summed E-state index contributed by atoms with van der Waals surface area (Å²) < 4.78 is 13.1. The average molecular weight is 252 g/mol. The minimum absolute atomic E-state index is 0.185. The molecule has 0 aromatic heterocycles. The Morgan fingerprint density at radius 3 is 2.72 bits per heavy atom. The van der Waals surface area contributed by atoms with E-state index in [9.17, 15) is 14.3 Å². The fourth-order valence-corrected chi connectivity index (χ4v) is 2.27. The Labute approximate surface area is 105 Å². The van der Waals surface area contributed by atoms with E-state index in [1.807, 2.05) is 0 Å². The standard InChI is InChI=1S/C13H17FN2O2/c14-9-5-8(6-10(15)7-9)13(18)16-11-3-1-2-4-12(11)17/h5-7,11-12,17H,1-4,15H2,(H,16,18)/t11-,12-/m1/s1. The van der Waals surface area contributed by atoms with E-state index >= 15 is 0 Å². The summed E-state index contributed by atoms with van der Waals surface area (Å²) in [5.41, 5.74) is 5.89. The van der Waals surface area contributed by atoms with Gasteiger partial charge in [0.1, 0.15) is 5.82 Å². The lowest BCUT2D eigenvalue weighted by atomic mass is 9.92. The Morgan fingerprint density at radius 2 is 2.06 bits per heavy atom. The number of anilines is 1. The summed E-state index contributed by atoms with van der Waals surface area (Å²) in [6.07, 6.45) is 2.87. The molecule has 1 aliphatic carbocycles. The summed E-state index contributed by atoms with van der Waals surface area (Å²) >= 11 is 0. The van der Waals surface area contributed by atoms with E-state index in [0.717, 1.165) is 31.4 Å². The Morgan fingerprint density at radius 1 is 1.33 bits per heavy atom. The van der Waals surface area contributed by atoms with Gasteiger partial charge in [-0.05, 0) is 31.0 Å². The number of halogens is 1. The molecule has 1 fully saturated rings. The predicted molar refractivity (Wildman–Crippen MR) is 66.5 cm³/mol. The molecule has 4 N–H and O–H groups in total. The van der Waals surface area contributed by atoms with E-state index in [4.69, 9.17) is 5.73 Å². The van der Waals surface area contributed by atoms with E-state index < -0.39 is 17.8 Å². The summed E-state index contributed by atoms with van der Waals surface area (Å²) in [5, 5.41) is 12.5. The quantitative estimate of drug-likeness (QED) is 0.697. The van der Waals surface area contributed by atoms with Gasteiger partial charge >= 0.3 is 0 Å². The van der Waals surface area contributed by atoms with Gasteiger partial charge in [0.25, 0.3) is 5.91 Å². The number of benzene rings is 1. The van der Waals surface area contributed by atoms with Gasteiger partial charge in [-0.15, -0.1) is 0 Å². The van der Waals surface area contributed by atoms with E-state index in [0.29, 0.717) is 6.42 Å². The van der Waals surface area contributed by atoms with Crippen molar-refractivity contribution in [1.29, 1.82) is 0 Å². The number of aliphatic hydroxyl groups excluding tert-OH is 1. The molecule has 0 spiro atoms. The SMILES string of the molecule is Nc1cc(F)cc(C(=O)N[C@@H]2CCCC[C@H]2O)c1. The summed E-state index contributed by atoms with van der Waals surface area (Å²) in [7, 11) is 0. The Bertz CT molecular complexity index is 430. The van der Waals surface area contributed by atoms with Crippen molar-refractivity contribution in [3.8, 4) is 0 Å². The van der Waals surface area contributed by atoms with Gasteiger partial charge in [0.05, 0.1) is 12.1 Å². The predicted octanol–water partition coefficient (Wildman–Crippen LogP) is 1.44. The van der Waals surface area contributed by atoms with Crippen LogP contribution in [0.5, 0.6) is 0 Å². The molecule has 2 rings (SSSR count). The fourth-order valence-electron chi connectivity index (χ4n) is 2.27. The van der Waals surface area contributed by atoms with Crippen LogP contribution < -0.4 is 11.1 Å². The molecule has 0 aliphatic heterocycles. The molecular formula is C13H17FN2O2. The number of nitrogen functional groups attached to an aromatic ring is 1. The molecule has 1 aromatic rings. The molecule has 0 bridgehead atoms. The second kappa shape index (κ2) is 5.35. The largest absolute Gasteiger partial charge is 0.399 e. The first kappa shape index (κ1) is 12.8. The molecule has 2 atom stereocenters. The monoisotopic (exact) mass is 252 g/mol. The van der Waals surface area contributed by atoms with Crippen LogP contribution >= 0.6 is 0 Å². The third-order valence-electron chi connectivity index (χ3n) is 3.23. The van der Waals surface area contributed by atoms with Gasteiger partial charge in [-0.3, -0.25) is 4.79 Å². The van der Waals surface area contributed by atoms with E-state index in [1.165, 1.54) is 6.07 Å². The third-order valence-corrected chi connectivity index (χ3v) is 3.23. The number of amides is 1. The normalized spacial score (nSPS) is 23.7. The number of rotatable bonds is 2. The molecule has 98 valence electrons. The summed E-state index contributed by atoms with van der Waals surface area (Å²) in [6.45, 7) is 0. The lowest BCUT2D eigenvalue weighted by molar-refractivity contribution is 0.0717. The van der Waals surface area contributed by atoms with Crippen LogP contribution in [0, 0.1) is 5.82 Å². The first-order chi connectivity index (χ1) is 8.56. The molecule has 4 nitrogen and oxygen atoms in total. The molecule has 1 aromatic carbocycles. The molecule has 0 unspecified atom stereocenters. The zero-order valence-corrected chi connectivity index (χ0v) is 10.0. The van der Waals surface area contributed by atoms with Crippen LogP contribution in [0.4, 0.5) is 10.1 Å². The third kappa shape index (κ3) is 2.98. The van der Waals surface area contributed by atoms with Gasteiger partial charge in [0, 0.05) is 11.3 Å². The molecule has 0 radical (unpaired) electrons. The molecule has 5 heteroatoms. The number of hydrogen-bond donors (Lipinski definition) is 3. The van der Waals surface area contributed by atoms with Crippen LogP contribution in [0.1, 0.15) is 36.0 Å². The van der Waals surface area contributed by atoms with Crippen LogP contribution in [0.3, 0.4) is 0 Å². The van der Waals surface area contributed by atoms with Gasteiger partial charge < -0.3 is 16.2 Å². The summed E-state index contributed by atoms with van der Waals surface area (Å²) in [5.74, 6) is -0.934. The van der Waals surface area contributed by atoms with Gasteiger partial charge in [-0.1, -0.05) is 12.8 Å². The van der Waals surface area contributed by atoms with Gasteiger partial charge in [0.2, 0.25) is 0 Å². The lowest BCUT2D eigenvalue weighted by Crippen LogP contribution is -2.45.